The molecular formula is C27H34F3N3O4S. The fraction of sp³-hybridized carbons (Fsp3) is 0.481. The van der Waals surface area contributed by atoms with Gasteiger partial charge in [-0.3, -0.25) is 13.9 Å². The minimum atomic E-state index is -3.86. The summed E-state index contributed by atoms with van der Waals surface area (Å²) in [7, 11) is -3.86. The maximum Gasteiger partial charge on any atom is 0.242 e. The average molecular weight is 554 g/mol. The predicted molar refractivity (Wildman–Crippen MR) is 139 cm³/mol. The first kappa shape index (κ1) is 29.5. The third-order valence-corrected chi connectivity index (χ3v) is 7.95. The van der Waals surface area contributed by atoms with Gasteiger partial charge in [0.25, 0.3) is 0 Å². The van der Waals surface area contributed by atoms with Gasteiger partial charge in [-0.2, -0.15) is 0 Å². The van der Waals surface area contributed by atoms with Crippen LogP contribution in [0.25, 0.3) is 0 Å². The Hall–Kier alpha value is -3.08. The molecule has 0 bridgehead atoms. The number of amides is 2. The van der Waals surface area contributed by atoms with Crippen molar-refractivity contribution in [1.29, 1.82) is 0 Å². The average Bonchev–Trinajstić information content (AvgIpc) is 2.87. The number of benzene rings is 2. The minimum absolute atomic E-state index is 0.0311. The van der Waals surface area contributed by atoms with Gasteiger partial charge in [-0.05, 0) is 44.4 Å². The van der Waals surface area contributed by atoms with Gasteiger partial charge in [-0.1, -0.05) is 37.5 Å². The molecule has 3 rings (SSSR count). The van der Waals surface area contributed by atoms with E-state index in [1.165, 1.54) is 23.1 Å². The van der Waals surface area contributed by atoms with Gasteiger partial charge in [0.1, 0.15) is 11.9 Å². The van der Waals surface area contributed by atoms with Crippen LogP contribution in [0, 0.1) is 17.5 Å². The quantitative estimate of drug-likeness (QED) is 0.444. The van der Waals surface area contributed by atoms with Crippen molar-refractivity contribution < 1.29 is 31.2 Å². The summed E-state index contributed by atoms with van der Waals surface area (Å²) in [6, 6.07) is 7.87. The van der Waals surface area contributed by atoms with Crippen LogP contribution in [0.2, 0.25) is 0 Å². The van der Waals surface area contributed by atoms with Gasteiger partial charge in [-0.25, -0.2) is 21.6 Å². The van der Waals surface area contributed by atoms with E-state index in [2.05, 4.69) is 5.32 Å². The zero-order valence-electron chi connectivity index (χ0n) is 21.6. The third kappa shape index (κ3) is 7.96. The number of sulfonamides is 1. The van der Waals surface area contributed by atoms with E-state index in [0.29, 0.717) is 0 Å². The highest BCUT2D eigenvalue weighted by Crippen LogP contribution is 2.22. The largest absolute Gasteiger partial charge is 0.352 e. The zero-order chi connectivity index (χ0) is 27.9. The molecule has 1 N–H and O–H groups in total. The van der Waals surface area contributed by atoms with E-state index in [0.717, 1.165) is 60.9 Å². The molecule has 0 radical (unpaired) electrons. The molecule has 0 spiro atoms. The number of rotatable bonds is 11. The summed E-state index contributed by atoms with van der Waals surface area (Å²) in [5.41, 5.74) is 0.181. The Labute approximate surface area is 222 Å². The van der Waals surface area contributed by atoms with Crippen LogP contribution in [0.1, 0.15) is 57.4 Å². The van der Waals surface area contributed by atoms with Gasteiger partial charge in [0.05, 0.1) is 11.9 Å². The Morgan fingerprint density at radius 3 is 2.32 bits per heavy atom. The summed E-state index contributed by atoms with van der Waals surface area (Å²) in [6.45, 7) is 1.27. The maximum atomic E-state index is 14.4. The first-order valence-corrected chi connectivity index (χ1v) is 14.6. The van der Waals surface area contributed by atoms with E-state index in [9.17, 15) is 31.2 Å². The molecule has 2 aromatic carbocycles. The highest BCUT2D eigenvalue weighted by molar-refractivity contribution is 7.92. The summed E-state index contributed by atoms with van der Waals surface area (Å²) < 4.78 is 67.0. The van der Waals surface area contributed by atoms with Crippen molar-refractivity contribution in [1.82, 2.24) is 10.2 Å². The summed E-state index contributed by atoms with van der Waals surface area (Å²) in [5.74, 6) is -3.60. The van der Waals surface area contributed by atoms with E-state index in [4.69, 9.17) is 0 Å². The second-order valence-electron chi connectivity index (χ2n) is 9.67. The van der Waals surface area contributed by atoms with E-state index in [1.807, 2.05) is 0 Å². The van der Waals surface area contributed by atoms with Gasteiger partial charge < -0.3 is 10.2 Å². The first-order chi connectivity index (χ1) is 18.0. The molecular weight excluding hydrogens is 519 g/mol. The van der Waals surface area contributed by atoms with Crippen LogP contribution in [0.15, 0.2) is 42.5 Å². The van der Waals surface area contributed by atoms with Crippen LogP contribution in [0.5, 0.6) is 0 Å². The topological polar surface area (TPSA) is 86.8 Å². The Morgan fingerprint density at radius 2 is 1.68 bits per heavy atom. The Morgan fingerprint density at radius 1 is 1.00 bits per heavy atom. The van der Waals surface area contributed by atoms with Gasteiger partial charge >= 0.3 is 0 Å². The predicted octanol–water partition coefficient (Wildman–Crippen LogP) is 4.52. The fourth-order valence-corrected chi connectivity index (χ4v) is 5.56. The van der Waals surface area contributed by atoms with E-state index >= 15 is 0 Å². The molecule has 38 heavy (non-hydrogen) atoms. The van der Waals surface area contributed by atoms with Crippen molar-refractivity contribution in [3.8, 4) is 0 Å². The molecule has 0 aliphatic heterocycles. The SMILES string of the molecule is C[C@H](C(=O)NC1CCCCC1)N(Cc1ccccc1F)C(=O)CCCN(c1ccc(F)c(F)c1)S(C)(=O)=O. The molecule has 0 aromatic heterocycles. The van der Waals surface area contributed by atoms with E-state index in [1.54, 1.807) is 13.0 Å². The summed E-state index contributed by atoms with van der Waals surface area (Å²) in [5, 5.41) is 3.00. The Kier molecular flexibility index (Phi) is 10.2. The van der Waals surface area contributed by atoms with Crippen molar-refractivity contribution in [2.75, 3.05) is 17.1 Å². The van der Waals surface area contributed by atoms with Crippen LogP contribution >= 0.6 is 0 Å². The van der Waals surface area contributed by atoms with Gasteiger partial charge in [0.15, 0.2) is 11.6 Å². The second-order valence-corrected chi connectivity index (χ2v) is 11.6. The molecule has 11 heteroatoms. The molecule has 2 aromatic rings. The minimum Gasteiger partial charge on any atom is -0.352 e. The highest BCUT2D eigenvalue weighted by Gasteiger charge is 2.29. The third-order valence-electron chi connectivity index (χ3n) is 6.76. The lowest BCUT2D eigenvalue weighted by Gasteiger charge is -2.31. The lowest BCUT2D eigenvalue weighted by molar-refractivity contribution is -0.141. The van der Waals surface area contributed by atoms with Crippen molar-refractivity contribution in [3.63, 3.8) is 0 Å². The molecule has 1 fully saturated rings. The number of carbonyl (C=O) groups excluding carboxylic acids is 2. The molecule has 1 aliphatic carbocycles. The summed E-state index contributed by atoms with van der Waals surface area (Å²) in [4.78, 5) is 27.6. The number of hydrogen-bond donors (Lipinski definition) is 1. The standard InChI is InChI=1S/C27H34F3N3O4S/c1-19(27(35)31-21-10-4-3-5-11-21)32(18-20-9-6-7-12-23(20)28)26(34)13-8-16-33(38(2,36)37)22-14-15-24(29)25(30)17-22/h6-7,9,12,14-15,17,19,21H,3-5,8,10-11,13,16,18H2,1-2H3,(H,31,35)/t19-/m1/s1. The van der Waals surface area contributed by atoms with Crippen molar-refractivity contribution in [2.45, 2.75) is 70.5 Å². The molecule has 208 valence electrons. The smallest absolute Gasteiger partial charge is 0.242 e. The second kappa shape index (κ2) is 13.1. The van der Waals surface area contributed by atoms with E-state index < -0.39 is 39.4 Å². The van der Waals surface area contributed by atoms with Crippen LogP contribution in [0.3, 0.4) is 0 Å². The lowest BCUT2D eigenvalue weighted by atomic mass is 9.95. The lowest BCUT2D eigenvalue weighted by Crippen LogP contribution is -2.50. The normalized spacial score (nSPS) is 15.1. The molecule has 1 aliphatic rings. The fourth-order valence-electron chi connectivity index (χ4n) is 4.61. The molecule has 1 atom stereocenters. The monoisotopic (exact) mass is 553 g/mol. The first-order valence-electron chi connectivity index (χ1n) is 12.7. The maximum absolute atomic E-state index is 14.4. The molecule has 0 heterocycles. The molecule has 1 saturated carbocycles. The Balaban J connectivity index is 1.73. The molecule has 0 saturated heterocycles. The van der Waals surface area contributed by atoms with Crippen LogP contribution in [0.4, 0.5) is 18.9 Å². The van der Waals surface area contributed by atoms with Crippen LogP contribution < -0.4 is 9.62 Å². The number of nitrogens with zero attached hydrogens (tertiary/aromatic N) is 2. The Bertz CT molecular complexity index is 1240. The number of anilines is 1. The van der Waals surface area contributed by atoms with Crippen molar-refractivity contribution in [2.24, 2.45) is 0 Å². The van der Waals surface area contributed by atoms with Crippen LogP contribution in [-0.4, -0.2) is 50.0 Å². The molecule has 2 amide bonds. The number of halogens is 3. The number of nitrogens with one attached hydrogen (secondary N) is 1. The van der Waals surface area contributed by atoms with Gasteiger partial charge in [0, 0.05) is 37.2 Å². The van der Waals surface area contributed by atoms with Crippen molar-refractivity contribution >= 4 is 27.5 Å². The van der Waals surface area contributed by atoms with Crippen molar-refractivity contribution in [3.05, 3.63) is 65.5 Å². The van der Waals surface area contributed by atoms with Gasteiger partial charge in [-0.15, -0.1) is 0 Å². The highest BCUT2D eigenvalue weighted by atomic mass is 32.2. The van der Waals surface area contributed by atoms with Gasteiger partial charge in [0.2, 0.25) is 21.8 Å². The summed E-state index contributed by atoms with van der Waals surface area (Å²) in [6.07, 6.45) is 5.71. The van der Waals surface area contributed by atoms with E-state index in [-0.39, 0.29) is 49.1 Å². The summed E-state index contributed by atoms with van der Waals surface area (Å²) >= 11 is 0. The van der Waals surface area contributed by atoms with Crippen LogP contribution in [-0.2, 0) is 26.2 Å². The number of carbonyl (C=O) groups is 2. The molecule has 7 nitrogen and oxygen atoms in total. The molecule has 0 unspecified atom stereocenters. The number of hydrogen-bond acceptors (Lipinski definition) is 4. The zero-order valence-corrected chi connectivity index (χ0v) is 22.4.